The van der Waals surface area contributed by atoms with Crippen LogP contribution >= 0.6 is 0 Å². The fourth-order valence-electron chi connectivity index (χ4n) is 2.28. The Kier molecular flexibility index (Phi) is 9.30. The average molecular weight is 438 g/mol. The number of ether oxygens (including phenoxy) is 3. The van der Waals surface area contributed by atoms with Gasteiger partial charge in [0.2, 0.25) is 0 Å². The van der Waals surface area contributed by atoms with E-state index in [0.717, 1.165) is 4.90 Å². The maximum Gasteiger partial charge on any atom is 0.416 e. The summed E-state index contributed by atoms with van der Waals surface area (Å²) in [5.74, 6) is 0.454. The molecule has 0 aliphatic heterocycles. The first kappa shape index (κ1) is 26.2. The van der Waals surface area contributed by atoms with Gasteiger partial charge in [-0.25, -0.2) is 9.59 Å². The lowest BCUT2D eigenvalue weighted by atomic mass is 10.2. The van der Waals surface area contributed by atoms with Gasteiger partial charge in [-0.15, -0.1) is 0 Å². The van der Waals surface area contributed by atoms with E-state index in [-0.39, 0.29) is 25.5 Å². The number of alkyl carbamates (subject to hydrolysis) is 1. The number of aliphatic hydroxyl groups is 1. The number of rotatable bonds is 7. The third kappa shape index (κ3) is 10.7. The van der Waals surface area contributed by atoms with E-state index in [1.807, 2.05) is 0 Å². The van der Waals surface area contributed by atoms with Gasteiger partial charge in [-0.05, 0) is 72.7 Å². The summed E-state index contributed by atoms with van der Waals surface area (Å²) in [6.45, 7) is 12.3. The molecule has 0 fully saturated rings. The number of carbonyl (C=O) groups is 2. The minimum atomic E-state index is -0.743. The second kappa shape index (κ2) is 11.0. The number of nitrogens with zero attached hydrogens (tertiary/aromatic N) is 1. The Bertz CT molecular complexity index is 748. The SMILES string of the molecule is CC(O)COc1ccc(C(=N)N(CCNC(=O)OC(C)(C)C)C(=O)OC(C)(C)C)cc1. The first-order chi connectivity index (χ1) is 14.2. The van der Waals surface area contributed by atoms with E-state index in [1.54, 1.807) is 72.7 Å². The quantitative estimate of drug-likeness (QED) is 0.443. The Labute approximate surface area is 184 Å². The molecule has 0 radical (unpaired) electrons. The number of amidine groups is 1. The van der Waals surface area contributed by atoms with Gasteiger partial charge < -0.3 is 24.6 Å². The highest BCUT2D eigenvalue weighted by Gasteiger charge is 2.26. The number of amides is 2. The third-order valence-electron chi connectivity index (χ3n) is 3.51. The van der Waals surface area contributed by atoms with Crippen LogP contribution in [0.5, 0.6) is 5.75 Å². The van der Waals surface area contributed by atoms with Gasteiger partial charge in [0, 0.05) is 18.7 Å². The van der Waals surface area contributed by atoms with Crippen LogP contribution in [0.1, 0.15) is 54.0 Å². The summed E-state index contributed by atoms with van der Waals surface area (Å²) >= 11 is 0. The van der Waals surface area contributed by atoms with Crippen LogP contribution in [0, 0.1) is 5.41 Å². The zero-order valence-electron chi connectivity index (χ0n) is 19.4. The van der Waals surface area contributed by atoms with Crippen molar-refractivity contribution in [3.05, 3.63) is 29.8 Å². The highest BCUT2D eigenvalue weighted by Crippen LogP contribution is 2.16. The average Bonchev–Trinajstić information content (AvgIpc) is 2.60. The summed E-state index contributed by atoms with van der Waals surface area (Å²) in [4.78, 5) is 25.7. The molecule has 0 aliphatic rings. The van der Waals surface area contributed by atoms with Crippen LogP contribution in [0.15, 0.2) is 24.3 Å². The smallest absolute Gasteiger partial charge is 0.416 e. The molecule has 9 nitrogen and oxygen atoms in total. The van der Waals surface area contributed by atoms with Crippen molar-refractivity contribution in [2.24, 2.45) is 0 Å². The Morgan fingerprint density at radius 3 is 2.10 bits per heavy atom. The number of carbonyl (C=O) groups excluding carboxylic acids is 2. The molecule has 2 amide bonds. The van der Waals surface area contributed by atoms with Gasteiger partial charge in [-0.3, -0.25) is 10.3 Å². The topological polar surface area (TPSA) is 121 Å². The molecule has 1 aromatic carbocycles. The monoisotopic (exact) mass is 437 g/mol. The van der Waals surface area contributed by atoms with Crippen LogP contribution in [0.4, 0.5) is 9.59 Å². The number of aliphatic hydroxyl groups excluding tert-OH is 1. The van der Waals surface area contributed by atoms with E-state index in [2.05, 4.69) is 5.32 Å². The molecule has 0 heterocycles. The molecule has 0 bridgehead atoms. The molecule has 0 aromatic heterocycles. The standard InChI is InChI=1S/C22H35N3O6/c1-15(26)14-29-17-10-8-16(9-11-17)18(23)25(20(28)31-22(5,6)7)13-12-24-19(27)30-21(2,3)4/h8-11,15,23,26H,12-14H2,1-7H3,(H,24,27). The summed E-state index contributed by atoms with van der Waals surface area (Å²) in [6, 6.07) is 6.58. The number of nitrogens with one attached hydrogen (secondary N) is 2. The van der Waals surface area contributed by atoms with Gasteiger partial charge in [-0.2, -0.15) is 0 Å². The van der Waals surface area contributed by atoms with Gasteiger partial charge in [0.05, 0.1) is 6.10 Å². The Morgan fingerprint density at radius 1 is 1.06 bits per heavy atom. The molecule has 31 heavy (non-hydrogen) atoms. The van der Waals surface area contributed by atoms with Crippen molar-refractivity contribution in [3.8, 4) is 5.75 Å². The van der Waals surface area contributed by atoms with Gasteiger partial charge >= 0.3 is 12.2 Å². The van der Waals surface area contributed by atoms with E-state index in [4.69, 9.17) is 19.6 Å². The van der Waals surface area contributed by atoms with Crippen LogP contribution in [-0.4, -0.2) is 65.0 Å². The summed E-state index contributed by atoms with van der Waals surface area (Å²) < 4.78 is 16.0. The maximum absolute atomic E-state index is 12.7. The van der Waals surface area contributed by atoms with E-state index in [9.17, 15) is 14.7 Å². The minimum Gasteiger partial charge on any atom is -0.491 e. The van der Waals surface area contributed by atoms with E-state index < -0.39 is 29.5 Å². The summed E-state index contributed by atoms with van der Waals surface area (Å²) in [7, 11) is 0. The number of hydrogen-bond donors (Lipinski definition) is 3. The highest BCUT2D eigenvalue weighted by atomic mass is 16.6. The predicted molar refractivity (Wildman–Crippen MR) is 118 cm³/mol. The molecule has 1 unspecified atom stereocenters. The summed E-state index contributed by atoms with van der Waals surface area (Å²) in [6.07, 6.45) is -1.90. The molecule has 174 valence electrons. The summed E-state index contributed by atoms with van der Waals surface area (Å²) in [5.41, 5.74) is -0.917. The van der Waals surface area contributed by atoms with Crippen molar-refractivity contribution < 1.29 is 28.9 Å². The van der Waals surface area contributed by atoms with E-state index in [1.165, 1.54) is 0 Å². The van der Waals surface area contributed by atoms with Crippen LogP contribution in [0.25, 0.3) is 0 Å². The minimum absolute atomic E-state index is 0.0211. The van der Waals surface area contributed by atoms with E-state index >= 15 is 0 Å². The Morgan fingerprint density at radius 2 is 1.61 bits per heavy atom. The predicted octanol–water partition coefficient (Wildman–Crippen LogP) is 3.53. The van der Waals surface area contributed by atoms with Crippen molar-refractivity contribution in [1.82, 2.24) is 10.2 Å². The second-order valence-corrected chi connectivity index (χ2v) is 9.09. The summed E-state index contributed by atoms with van der Waals surface area (Å²) in [5, 5.41) is 20.4. The molecule has 1 aromatic rings. The Balaban J connectivity index is 2.88. The van der Waals surface area contributed by atoms with Crippen molar-refractivity contribution >= 4 is 18.0 Å². The lowest BCUT2D eigenvalue weighted by molar-refractivity contribution is 0.0355. The largest absolute Gasteiger partial charge is 0.491 e. The Hall–Kier alpha value is -2.81. The maximum atomic E-state index is 12.7. The van der Waals surface area contributed by atoms with Crippen LogP contribution < -0.4 is 10.1 Å². The number of hydrogen-bond acceptors (Lipinski definition) is 7. The van der Waals surface area contributed by atoms with Crippen LogP contribution in [0.3, 0.4) is 0 Å². The zero-order chi connectivity index (χ0) is 23.8. The number of benzene rings is 1. The molecule has 0 aliphatic carbocycles. The lowest BCUT2D eigenvalue weighted by Crippen LogP contribution is -2.45. The highest BCUT2D eigenvalue weighted by molar-refractivity contribution is 6.04. The van der Waals surface area contributed by atoms with Crippen LogP contribution in [-0.2, 0) is 9.47 Å². The van der Waals surface area contributed by atoms with Crippen molar-refractivity contribution in [1.29, 1.82) is 5.41 Å². The second-order valence-electron chi connectivity index (χ2n) is 9.09. The van der Waals surface area contributed by atoms with Crippen LogP contribution in [0.2, 0.25) is 0 Å². The van der Waals surface area contributed by atoms with Gasteiger partial charge in [-0.1, -0.05) is 0 Å². The van der Waals surface area contributed by atoms with Crippen molar-refractivity contribution in [2.45, 2.75) is 65.8 Å². The molecular weight excluding hydrogens is 402 g/mol. The van der Waals surface area contributed by atoms with Gasteiger partial charge in [0.25, 0.3) is 0 Å². The zero-order valence-corrected chi connectivity index (χ0v) is 19.4. The van der Waals surface area contributed by atoms with Crippen molar-refractivity contribution in [2.75, 3.05) is 19.7 Å². The molecule has 3 N–H and O–H groups in total. The third-order valence-corrected chi connectivity index (χ3v) is 3.51. The van der Waals surface area contributed by atoms with Gasteiger partial charge in [0.15, 0.2) is 0 Å². The van der Waals surface area contributed by atoms with E-state index in [0.29, 0.717) is 11.3 Å². The lowest BCUT2D eigenvalue weighted by Gasteiger charge is -2.28. The first-order valence-corrected chi connectivity index (χ1v) is 10.1. The molecule has 0 spiro atoms. The molecule has 9 heteroatoms. The molecule has 0 saturated heterocycles. The fraction of sp³-hybridized carbons (Fsp3) is 0.591. The first-order valence-electron chi connectivity index (χ1n) is 10.1. The molecule has 0 saturated carbocycles. The van der Waals surface area contributed by atoms with Gasteiger partial charge in [0.1, 0.15) is 29.4 Å². The molecule has 1 rings (SSSR count). The molecule has 1 atom stereocenters. The fourth-order valence-corrected chi connectivity index (χ4v) is 2.28. The van der Waals surface area contributed by atoms with Crippen molar-refractivity contribution in [3.63, 3.8) is 0 Å². The normalized spacial score (nSPS) is 12.5. The molecular formula is C22H35N3O6.